The number of benzene rings is 1. The van der Waals surface area contributed by atoms with Crippen molar-refractivity contribution in [2.75, 3.05) is 18.9 Å². The number of carbonyl (C=O) groups excluding carboxylic acids is 1. The Morgan fingerprint density at radius 2 is 2.12 bits per heavy atom. The molecule has 0 spiro atoms. The molecule has 1 aromatic rings. The molecule has 16 heavy (non-hydrogen) atoms. The normalized spacial score (nSPS) is 10.1. The van der Waals surface area contributed by atoms with Gasteiger partial charge in [-0.05, 0) is 25.0 Å². The summed E-state index contributed by atoms with van der Waals surface area (Å²) in [5.74, 6) is -0.551. The van der Waals surface area contributed by atoms with E-state index in [2.05, 4.69) is 5.32 Å². The number of amides is 1. The molecule has 0 heterocycles. The van der Waals surface area contributed by atoms with Crippen LogP contribution in [0.15, 0.2) is 18.2 Å². The third kappa shape index (κ3) is 3.13. The van der Waals surface area contributed by atoms with E-state index in [1.165, 1.54) is 12.1 Å². The van der Waals surface area contributed by atoms with Gasteiger partial charge in [-0.3, -0.25) is 4.79 Å². The molecule has 1 aromatic carbocycles. The average molecular weight is 224 g/mol. The number of phenols is 1. The molecular weight excluding hydrogens is 208 g/mol. The van der Waals surface area contributed by atoms with Gasteiger partial charge in [-0.25, -0.2) is 0 Å². The number of anilines is 1. The molecular formula is C11H16N2O3. The van der Waals surface area contributed by atoms with Crippen LogP contribution in [0.5, 0.6) is 5.75 Å². The number of rotatable bonds is 5. The van der Waals surface area contributed by atoms with Crippen molar-refractivity contribution in [1.82, 2.24) is 5.32 Å². The summed E-state index contributed by atoms with van der Waals surface area (Å²) in [5, 5.41) is 20.7. The van der Waals surface area contributed by atoms with Crippen molar-refractivity contribution in [3.05, 3.63) is 23.8 Å². The predicted molar refractivity (Wildman–Crippen MR) is 61.2 cm³/mol. The van der Waals surface area contributed by atoms with Crippen LogP contribution in [0.25, 0.3) is 0 Å². The van der Waals surface area contributed by atoms with Crippen LogP contribution < -0.4 is 11.1 Å². The quantitative estimate of drug-likeness (QED) is 0.332. The highest BCUT2D eigenvalue weighted by atomic mass is 16.3. The maximum absolute atomic E-state index is 11.6. The Morgan fingerprint density at radius 1 is 1.38 bits per heavy atom. The summed E-state index contributed by atoms with van der Waals surface area (Å²) >= 11 is 0. The van der Waals surface area contributed by atoms with E-state index in [4.69, 9.17) is 10.8 Å². The summed E-state index contributed by atoms with van der Waals surface area (Å²) in [7, 11) is 0. The molecule has 0 saturated heterocycles. The lowest BCUT2D eigenvalue weighted by Gasteiger charge is -2.07. The molecule has 0 saturated carbocycles. The molecule has 0 radical (unpaired) electrons. The second-order valence-electron chi connectivity index (χ2n) is 3.43. The molecule has 5 nitrogen and oxygen atoms in total. The first kappa shape index (κ1) is 12.3. The van der Waals surface area contributed by atoms with Gasteiger partial charge >= 0.3 is 0 Å². The summed E-state index contributed by atoms with van der Waals surface area (Å²) in [5.41, 5.74) is 5.83. The lowest BCUT2D eigenvalue weighted by molar-refractivity contribution is 0.0949. The minimum absolute atomic E-state index is 0.111. The molecule has 0 bridgehead atoms. The van der Waals surface area contributed by atoms with Crippen LogP contribution in [0, 0.1) is 0 Å². The van der Waals surface area contributed by atoms with E-state index in [0.29, 0.717) is 19.4 Å². The fourth-order valence-electron chi connectivity index (χ4n) is 1.28. The van der Waals surface area contributed by atoms with Crippen LogP contribution in [0.1, 0.15) is 23.2 Å². The van der Waals surface area contributed by atoms with Crippen LogP contribution >= 0.6 is 0 Å². The molecule has 0 fully saturated rings. The Bertz CT molecular complexity index is 366. The fourth-order valence-corrected chi connectivity index (χ4v) is 1.28. The number of hydrogen-bond acceptors (Lipinski definition) is 4. The van der Waals surface area contributed by atoms with Gasteiger partial charge in [-0.15, -0.1) is 0 Å². The van der Waals surface area contributed by atoms with Crippen LogP contribution in [0.2, 0.25) is 0 Å². The van der Waals surface area contributed by atoms with Gasteiger partial charge in [0.05, 0.1) is 11.3 Å². The zero-order chi connectivity index (χ0) is 12.0. The summed E-state index contributed by atoms with van der Waals surface area (Å²) in [6.07, 6.45) is 1.34. The molecule has 0 aliphatic heterocycles. The Balaban J connectivity index is 2.56. The lowest BCUT2D eigenvalue weighted by atomic mass is 10.1. The molecule has 5 heteroatoms. The standard InChI is InChI=1S/C11H16N2O3/c12-9-5-3-4-8(10(9)15)11(16)13-6-1-2-7-14/h3-5,14-15H,1-2,6-7,12H2,(H,13,16). The van der Waals surface area contributed by atoms with Crippen molar-refractivity contribution in [2.24, 2.45) is 0 Å². The van der Waals surface area contributed by atoms with Crippen molar-refractivity contribution < 1.29 is 15.0 Å². The Kier molecular flexibility index (Phi) is 4.60. The number of aromatic hydroxyl groups is 1. The number of nitrogens with one attached hydrogen (secondary N) is 1. The highest BCUT2D eigenvalue weighted by Crippen LogP contribution is 2.23. The van der Waals surface area contributed by atoms with Crippen LogP contribution in [0.4, 0.5) is 5.69 Å². The van der Waals surface area contributed by atoms with Crippen molar-refractivity contribution in [1.29, 1.82) is 0 Å². The highest BCUT2D eigenvalue weighted by molar-refractivity contribution is 5.98. The van der Waals surface area contributed by atoms with Gasteiger partial charge in [0.25, 0.3) is 5.91 Å². The van der Waals surface area contributed by atoms with Gasteiger partial charge in [0.2, 0.25) is 0 Å². The van der Waals surface area contributed by atoms with Crippen LogP contribution in [-0.2, 0) is 0 Å². The number of nitrogen functional groups attached to an aromatic ring is 1. The zero-order valence-electron chi connectivity index (χ0n) is 8.94. The number of nitrogens with two attached hydrogens (primary N) is 1. The zero-order valence-corrected chi connectivity index (χ0v) is 8.94. The Morgan fingerprint density at radius 3 is 2.81 bits per heavy atom. The van der Waals surface area contributed by atoms with E-state index >= 15 is 0 Å². The number of para-hydroxylation sites is 1. The van der Waals surface area contributed by atoms with Crippen molar-refractivity contribution in [2.45, 2.75) is 12.8 Å². The molecule has 0 atom stereocenters. The van der Waals surface area contributed by atoms with E-state index in [1.807, 2.05) is 0 Å². The minimum Gasteiger partial charge on any atom is -0.505 e. The first-order valence-electron chi connectivity index (χ1n) is 5.13. The topological polar surface area (TPSA) is 95.6 Å². The van der Waals surface area contributed by atoms with Crippen LogP contribution in [0.3, 0.4) is 0 Å². The largest absolute Gasteiger partial charge is 0.505 e. The number of hydrogen-bond donors (Lipinski definition) is 4. The molecule has 5 N–H and O–H groups in total. The smallest absolute Gasteiger partial charge is 0.255 e. The van der Waals surface area contributed by atoms with Crippen LogP contribution in [-0.4, -0.2) is 29.3 Å². The maximum Gasteiger partial charge on any atom is 0.255 e. The SMILES string of the molecule is Nc1cccc(C(=O)NCCCCO)c1O. The third-order valence-electron chi connectivity index (χ3n) is 2.18. The van der Waals surface area contributed by atoms with E-state index in [0.717, 1.165) is 0 Å². The lowest BCUT2D eigenvalue weighted by Crippen LogP contribution is -2.24. The number of aliphatic hydroxyl groups is 1. The van der Waals surface area contributed by atoms with Crippen molar-refractivity contribution in [3.63, 3.8) is 0 Å². The molecule has 0 aromatic heterocycles. The van der Waals surface area contributed by atoms with Crippen molar-refractivity contribution >= 4 is 11.6 Å². The van der Waals surface area contributed by atoms with Gasteiger partial charge in [-0.2, -0.15) is 0 Å². The maximum atomic E-state index is 11.6. The first-order valence-corrected chi connectivity index (χ1v) is 5.13. The van der Waals surface area contributed by atoms with Gasteiger partial charge < -0.3 is 21.3 Å². The Labute approximate surface area is 93.9 Å². The average Bonchev–Trinajstić information content (AvgIpc) is 2.28. The second-order valence-corrected chi connectivity index (χ2v) is 3.43. The van der Waals surface area contributed by atoms with E-state index in [-0.39, 0.29) is 29.5 Å². The van der Waals surface area contributed by atoms with E-state index < -0.39 is 0 Å². The predicted octanol–water partition coefficient (Wildman–Crippen LogP) is 0.477. The molecule has 1 rings (SSSR count). The number of unbranched alkanes of at least 4 members (excludes halogenated alkanes) is 1. The second kappa shape index (κ2) is 5.97. The summed E-state index contributed by atoms with van der Waals surface area (Å²) in [4.78, 5) is 11.6. The summed E-state index contributed by atoms with van der Waals surface area (Å²) in [6, 6.07) is 4.64. The van der Waals surface area contributed by atoms with Gasteiger partial charge in [0.15, 0.2) is 5.75 Å². The highest BCUT2D eigenvalue weighted by Gasteiger charge is 2.11. The fraction of sp³-hybridized carbons (Fsp3) is 0.364. The summed E-state index contributed by atoms with van der Waals surface area (Å²) < 4.78 is 0. The van der Waals surface area contributed by atoms with E-state index in [9.17, 15) is 9.90 Å². The first-order chi connectivity index (χ1) is 7.66. The molecule has 1 amide bonds. The van der Waals surface area contributed by atoms with Gasteiger partial charge in [-0.1, -0.05) is 6.07 Å². The monoisotopic (exact) mass is 224 g/mol. The number of aliphatic hydroxyl groups excluding tert-OH is 1. The van der Waals surface area contributed by atoms with Gasteiger partial charge in [0, 0.05) is 13.2 Å². The number of carbonyl (C=O) groups is 1. The molecule has 0 aliphatic rings. The molecule has 0 unspecified atom stereocenters. The summed E-state index contributed by atoms with van der Waals surface area (Å²) in [6.45, 7) is 0.576. The van der Waals surface area contributed by atoms with E-state index in [1.54, 1.807) is 6.07 Å². The molecule has 0 aliphatic carbocycles. The number of phenolic OH excluding ortho intramolecular Hbond substituents is 1. The Hall–Kier alpha value is -1.75. The molecule has 88 valence electrons. The minimum atomic E-state index is -0.359. The third-order valence-corrected chi connectivity index (χ3v) is 2.18. The van der Waals surface area contributed by atoms with Gasteiger partial charge in [0.1, 0.15) is 0 Å². The van der Waals surface area contributed by atoms with Crippen molar-refractivity contribution in [3.8, 4) is 5.75 Å².